The van der Waals surface area contributed by atoms with E-state index in [-0.39, 0.29) is 17.7 Å². The van der Waals surface area contributed by atoms with Crippen LogP contribution in [-0.4, -0.2) is 33.8 Å². The van der Waals surface area contributed by atoms with Crippen molar-refractivity contribution >= 4 is 5.91 Å². The van der Waals surface area contributed by atoms with E-state index in [0.717, 1.165) is 6.42 Å². The minimum Gasteiger partial charge on any atom is -0.393 e. The van der Waals surface area contributed by atoms with Gasteiger partial charge in [0.05, 0.1) is 6.10 Å². The van der Waals surface area contributed by atoms with Gasteiger partial charge in [0.25, 0.3) is 5.91 Å². The molecule has 0 aliphatic heterocycles. The summed E-state index contributed by atoms with van der Waals surface area (Å²) in [6.45, 7) is 2.24. The van der Waals surface area contributed by atoms with Crippen LogP contribution in [0.1, 0.15) is 65.2 Å². The van der Waals surface area contributed by atoms with Crippen molar-refractivity contribution in [3.05, 3.63) is 47.1 Å². The topological polar surface area (TPSA) is 88.2 Å². The molecule has 0 bridgehead atoms. The third-order valence-electron chi connectivity index (χ3n) is 5.27. The van der Waals surface area contributed by atoms with Gasteiger partial charge < -0.3 is 14.9 Å². The molecular formula is C19H23N3O3. The Hall–Kier alpha value is -2.21. The molecule has 0 radical (unpaired) electrons. The number of carbonyl (C=O) groups excluding carboxylic acids is 1. The molecule has 2 N–H and O–H groups in total. The van der Waals surface area contributed by atoms with Crippen molar-refractivity contribution in [2.75, 3.05) is 6.54 Å². The van der Waals surface area contributed by atoms with E-state index >= 15 is 0 Å². The Kier molecular flexibility index (Phi) is 4.29. The van der Waals surface area contributed by atoms with Gasteiger partial charge in [-0.05, 0) is 56.2 Å². The molecule has 6 nitrogen and oxygen atoms in total. The lowest BCUT2D eigenvalue weighted by Gasteiger charge is -2.15. The molecule has 2 fully saturated rings. The number of aliphatic hydroxyl groups is 1. The largest absolute Gasteiger partial charge is 0.393 e. The average Bonchev–Trinajstić information content (AvgIpc) is 3.28. The Balaban J connectivity index is 1.34. The lowest BCUT2D eigenvalue weighted by atomic mass is 10.0. The molecule has 1 heterocycles. The Labute approximate surface area is 146 Å². The Morgan fingerprint density at radius 1 is 1.32 bits per heavy atom. The van der Waals surface area contributed by atoms with E-state index in [1.54, 1.807) is 6.92 Å². The summed E-state index contributed by atoms with van der Waals surface area (Å²) in [5.41, 5.74) is 1.95. The van der Waals surface area contributed by atoms with Gasteiger partial charge in [-0.2, -0.15) is 4.98 Å². The Morgan fingerprint density at radius 2 is 2.16 bits per heavy atom. The highest BCUT2D eigenvalue weighted by atomic mass is 16.5. The molecule has 2 saturated carbocycles. The predicted octanol–water partition coefficient (Wildman–Crippen LogP) is 2.54. The van der Waals surface area contributed by atoms with E-state index in [9.17, 15) is 9.90 Å². The zero-order valence-electron chi connectivity index (χ0n) is 14.3. The van der Waals surface area contributed by atoms with Crippen molar-refractivity contribution in [3.8, 4) is 0 Å². The fourth-order valence-electron chi connectivity index (χ4n) is 3.68. The SMILES string of the molecule is Cc1noc([C@H]2C[C@H](CNC(=O)c3cccc(C4CC4)c3)[C@H](O)C2)n1. The molecule has 1 amide bonds. The molecule has 6 heteroatoms. The number of carbonyl (C=O) groups is 1. The predicted molar refractivity (Wildman–Crippen MR) is 91.3 cm³/mol. The molecule has 132 valence electrons. The number of rotatable bonds is 5. The van der Waals surface area contributed by atoms with Crippen molar-refractivity contribution in [2.24, 2.45) is 5.92 Å². The second kappa shape index (κ2) is 6.59. The van der Waals surface area contributed by atoms with Gasteiger partial charge in [0.2, 0.25) is 5.89 Å². The maximum absolute atomic E-state index is 12.4. The lowest BCUT2D eigenvalue weighted by molar-refractivity contribution is 0.0916. The summed E-state index contributed by atoms with van der Waals surface area (Å²) in [5.74, 6) is 1.82. The number of aliphatic hydroxyl groups excluding tert-OH is 1. The molecule has 2 aromatic rings. The molecule has 1 aromatic heterocycles. The maximum Gasteiger partial charge on any atom is 0.251 e. The standard InChI is InChI=1S/C19H23N3O3/c1-11-21-19(25-22-11)15-8-16(17(23)9-15)10-20-18(24)14-4-2-3-13(7-14)12-5-6-12/h2-4,7,12,15-17,23H,5-6,8-10H2,1H3,(H,20,24)/t15-,16+,17+/m0/s1. The number of aryl methyl sites for hydroxylation is 1. The van der Waals surface area contributed by atoms with Crippen LogP contribution in [0.25, 0.3) is 0 Å². The third kappa shape index (κ3) is 3.58. The quantitative estimate of drug-likeness (QED) is 0.872. The first kappa shape index (κ1) is 16.3. The number of nitrogens with zero attached hydrogens (tertiary/aromatic N) is 2. The molecule has 25 heavy (non-hydrogen) atoms. The summed E-state index contributed by atoms with van der Waals surface area (Å²) >= 11 is 0. The van der Waals surface area contributed by atoms with Gasteiger partial charge in [0.1, 0.15) is 0 Å². The van der Waals surface area contributed by atoms with Crippen LogP contribution >= 0.6 is 0 Å². The first-order chi connectivity index (χ1) is 12.1. The smallest absolute Gasteiger partial charge is 0.251 e. The summed E-state index contributed by atoms with van der Waals surface area (Å²) in [7, 11) is 0. The minimum atomic E-state index is -0.463. The number of hydrogen-bond donors (Lipinski definition) is 2. The average molecular weight is 341 g/mol. The zero-order valence-corrected chi connectivity index (χ0v) is 14.3. The van der Waals surface area contributed by atoms with Crippen molar-refractivity contribution in [3.63, 3.8) is 0 Å². The number of hydrogen-bond acceptors (Lipinski definition) is 5. The summed E-state index contributed by atoms with van der Waals surface area (Å²) in [5, 5.41) is 17.1. The Morgan fingerprint density at radius 3 is 2.88 bits per heavy atom. The highest BCUT2D eigenvalue weighted by Crippen LogP contribution is 2.40. The number of aromatic nitrogens is 2. The first-order valence-electron chi connectivity index (χ1n) is 8.96. The molecule has 4 rings (SSSR count). The molecule has 0 saturated heterocycles. The second-order valence-electron chi connectivity index (χ2n) is 7.29. The van der Waals surface area contributed by atoms with Crippen LogP contribution < -0.4 is 5.32 Å². The molecule has 3 atom stereocenters. The van der Waals surface area contributed by atoms with Crippen LogP contribution in [0.3, 0.4) is 0 Å². The van der Waals surface area contributed by atoms with Gasteiger partial charge in [0, 0.05) is 23.9 Å². The second-order valence-corrected chi connectivity index (χ2v) is 7.29. The molecular weight excluding hydrogens is 318 g/mol. The molecule has 2 aliphatic carbocycles. The monoisotopic (exact) mass is 341 g/mol. The number of benzene rings is 1. The minimum absolute atomic E-state index is 0.00720. The fraction of sp³-hybridized carbons (Fsp3) is 0.526. The van der Waals surface area contributed by atoms with Crippen LogP contribution in [-0.2, 0) is 0 Å². The van der Waals surface area contributed by atoms with Gasteiger partial charge in [-0.1, -0.05) is 17.3 Å². The highest BCUT2D eigenvalue weighted by molar-refractivity contribution is 5.94. The van der Waals surface area contributed by atoms with E-state index in [2.05, 4.69) is 21.5 Å². The van der Waals surface area contributed by atoms with Gasteiger partial charge in [0.15, 0.2) is 5.82 Å². The van der Waals surface area contributed by atoms with E-state index in [0.29, 0.717) is 36.2 Å². The molecule has 1 aromatic carbocycles. The lowest BCUT2D eigenvalue weighted by Crippen LogP contribution is -2.32. The fourth-order valence-corrected chi connectivity index (χ4v) is 3.68. The van der Waals surface area contributed by atoms with E-state index in [1.807, 2.05) is 18.2 Å². The molecule has 0 spiro atoms. The zero-order chi connectivity index (χ0) is 17.4. The third-order valence-corrected chi connectivity index (χ3v) is 5.27. The van der Waals surface area contributed by atoms with Gasteiger partial charge >= 0.3 is 0 Å². The Bertz CT molecular complexity index is 769. The summed E-state index contributed by atoms with van der Waals surface area (Å²) in [6, 6.07) is 7.87. The summed E-state index contributed by atoms with van der Waals surface area (Å²) in [4.78, 5) is 16.7. The number of amides is 1. The van der Waals surface area contributed by atoms with Crippen LogP contribution in [0.4, 0.5) is 0 Å². The van der Waals surface area contributed by atoms with Crippen molar-refractivity contribution in [1.29, 1.82) is 0 Å². The van der Waals surface area contributed by atoms with E-state index < -0.39 is 6.10 Å². The van der Waals surface area contributed by atoms with Crippen molar-refractivity contribution in [2.45, 2.75) is 50.5 Å². The first-order valence-corrected chi connectivity index (χ1v) is 8.96. The molecule has 2 aliphatic rings. The van der Waals surface area contributed by atoms with Crippen molar-refractivity contribution in [1.82, 2.24) is 15.5 Å². The summed E-state index contributed by atoms with van der Waals surface area (Å²) < 4.78 is 5.22. The van der Waals surface area contributed by atoms with Gasteiger partial charge in [-0.25, -0.2) is 0 Å². The maximum atomic E-state index is 12.4. The highest BCUT2D eigenvalue weighted by Gasteiger charge is 2.36. The van der Waals surface area contributed by atoms with Gasteiger partial charge in [-0.15, -0.1) is 0 Å². The van der Waals surface area contributed by atoms with Crippen LogP contribution in [0.2, 0.25) is 0 Å². The van der Waals surface area contributed by atoms with Crippen molar-refractivity contribution < 1.29 is 14.4 Å². The van der Waals surface area contributed by atoms with E-state index in [4.69, 9.17) is 4.52 Å². The van der Waals surface area contributed by atoms with Crippen LogP contribution in [0.15, 0.2) is 28.8 Å². The number of nitrogens with one attached hydrogen (secondary N) is 1. The summed E-state index contributed by atoms with van der Waals surface area (Å²) in [6.07, 6.45) is 3.31. The van der Waals surface area contributed by atoms with Crippen LogP contribution in [0, 0.1) is 12.8 Å². The van der Waals surface area contributed by atoms with E-state index in [1.165, 1.54) is 18.4 Å². The molecule has 0 unspecified atom stereocenters. The van der Waals surface area contributed by atoms with Gasteiger partial charge in [-0.3, -0.25) is 4.79 Å². The van der Waals surface area contributed by atoms with Crippen LogP contribution in [0.5, 0.6) is 0 Å². The normalized spacial score (nSPS) is 25.9.